The number of hydrogen-bond acceptors (Lipinski definition) is 6. The largest absolute Gasteiger partial charge is 0.347 e. The molecular weight excluding hydrogens is 534 g/mol. The molecular formula is C29H26F2N6O4. The van der Waals surface area contributed by atoms with E-state index in [1.165, 1.54) is 29.8 Å². The van der Waals surface area contributed by atoms with Crippen LogP contribution in [-0.2, 0) is 17.8 Å². The molecule has 0 aliphatic heterocycles. The number of nitrogens with one attached hydrogen (secondary N) is 3. The summed E-state index contributed by atoms with van der Waals surface area (Å²) in [7, 11) is 0. The third-order valence-electron chi connectivity index (χ3n) is 7.00. The molecule has 2 heterocycles. The van der Waals surface area contributed by atoms with Crippen molar-refractivity contribution in [2.24, 2.45) is 0 Å². The lowest BCUT2D eigenvalue weighted by molar-refractivity contribution is -0.116. The quantitative estimate of drug-likeness (QED) is 0.303. The number of amides is 3. The minimum Gasteiger partial charge on any atom is -0.347 e. The Morgan fingerprint density at radius 2 is 1.78 bits per heavy atom. The standard InChI is InChI=1S/C29H26F2N6O4/c1-15(38)13-32-27(39)19-4-5-20-18(16(19)2)6-8-23(20)36-29(41)25-12-24(35-26-9-10-34-37(25)26)28(40)33-14-17-3-7-21(30)22(31)11-17/h3-5,7,9-12,23H,6,8,13-14H2,1-2H3,(H,32,39)(H,33,40)(H,36,41)/t23-/m0/s1. The summed E-state index contributed by atoms with van der Waals surface area (Å²) < 4.78 is 28.0. The van der Waals surface area contributed by atoms with Crippen LogP contribution in [0, 0.1) is 18.6 Å². The lowest BCUT2D eigenvalue weighted by Crippen LogP contribution is -2.31. The van der Waals surface area contributed by atoms with Gasteiger partial charge in [0.1, 0.15) is 17.2 Å². The molecule has 1 aliphatic rings. The van der Waals surface area contributed by atoms with Crippen molar-refractivity contribution < 1.29 is 28.0 Å². The van der Waals surface area contributed by atoms with Crippen LogP contribution >= 0.6 is 0 Å². The molecule has 2 aromatic heterocycles. The van der Waals surface area contributed by atoms with E-state index < -0.39 is 23.4 Å². The highest BCUT2D eigenvalue weighted by atomic mass is 19.2. The average molecular weight is 561 g/mol. The van der Waals surface area contributed by atoms with Crippen LogP contribution in [0.25, 0.3) is 5.65 Å². The van der Waals surface area contributed by atoms with Crippen molar-refractivity contribution in [2.75, 3.05) is 6.54 Å². The highest BCUT2D eigenvalue weighted by molar-refractivity contribution is 5.99. The summed E-state index contributed by atoms with van der Waals surface area (Å²) >= 11 is 0. The molecule has 12 heteroatoms. The number of rotatable bonds is 8. The van der Waals surface area contributed by atoms with E-state index in [2.05, 4.69) is 26.0 Å². The van der Waals surface area contributed by atoms with Gasteiger partial charge < -0.3 is 16.0 Å². The Hall–Kier alpha value is -5.00. The third kappa shape index (κ3) is 5.67. The second kappa shape index (κ2) is 11.2. The minimum atomic E-state index is -1.02. The SMILES string of the molecule is CC(=O)CNC(=O)c1ccc2c(c1C)CC[C@@H]2NC(=O)c1cc(C(=O)NCc2ccc(F)c(F)c2)nc2ccnn12. The Kier molecular flexibility index (Phi) is 7.56. The second-order valence-corrected chi connectivity index (χ2v) is 9.81. The van der Waals surface area contributed by atoms with Gasteiger partial charge in [0.2, 0.25) is 0 Å². The van der Waals surface area contributed by atoms with E-state index in [4.69, 9.17) is 0 Å². The lowest BCUT2D eigenvalue weighted by atomic mass is 9.97. The topological polar surface area (TPSA) is 135 Å². The highest BCUT2D eigenvalue weighted by Crippen LogP contribution is 2.35. The van der Waals surface area contributed by atoms with E-state index in [9.17, 15) is 28.0 Å². The normalized spacial score (nSPS) is 14.0. The minimum absolute atomic E-state index is 0.0467. The van der Waals surface area contributed by atoms with Crippen molar-refractivity contribution in [3.05, 3.63) is 99.5 Å². The molecule has 0 spiro atoms. The number of aromatic nitrogens is 3. The molecule has 5 rings (SSSR count). The smallest absolute Gasteiger partial charge is 0.270 e. The van der Waals surface area contributed by atoms with Crippen LogP contribution in [0.15, 0.2) is 48.7 Å². The van der Waals surface area contributed by atoms with Gasteiger partial charge in [-0.1, -0.05) is 12.1 Å². The molecule has 1 atom stereocenters. The van der Waals surface area contributed by atoms with Crippen LogP contribution in [0.3, 0.4) is 0 Å². The monoisotopic (exact) mass is 560 g/mol. The lowest BCUT2D eigenvalue weighted by Gasteiger charge is -2.17. The predicted octanol–water partition coefficient (Wildman–Crippen LogP) is 2.98. The Morgan fingerprint density at radius 3 is 2.54 bits per heavy atom. The van der Waals surface area contributed by atoms with Crippen LogP contribution in [-0.4, -0.2) is 44.6 Å². The molecule has 0 fully saturated rings. The van der Waals surface area contributed by atoms with Crippen LogP contribution in [0.4, 0.5) is 8.78 Å². The number of carbonyl (C=O) groups excluding carboxylic acids is 4. The number of carbonyl (C=O) groups is 4. The molecule has 0 saturated carbocycles. The van der Waals surface area contributed by atoms with E-state index in [0.29, 0.717) is 24.0 Å². The Bertz CT molecular complexity index is 1720. The Morgan fingerprint density at radius 1 is 0.976 bits per heavy atom. The number of hydrogen-bond donors (Lipinski definition) is 3. The number of Topliss-reactive ketones (excluding diaryl/α,β-unsaturated/α-hetero) is 1. The van der Waals surface area contributed by atoms with Crippen LogP contribution in [0.5, 0.6) is 0 Å². The van der Waals surface area contributed by atoms with Crippen molar-refractivity contribution in [1.29, 1.82) is 0 Å². The molecule has 10 nitrogen and oxygen atoms in total. The van der Waals surface area contributed by atoms with Crippen molar-refractivity contribution in [3.8, 4) is 0 Å². The first kappa shape index (κ1) is 27.6. The Balaban J connectivity index is 1.34. The molecule has 0 unspecified atom stereocenters. The summed E-state index contributed by atoms with van der Waals surface area (Å²) in [5.41, 5.74) is 3.78. The predicted molar refractivity (Wildman–Crippen MR) is 143 cm³/mol. The van der Waals surface area contributed by atoms with Crippen molar-refractivity contribution in [3.63, 3.8) is 0 Å². The van der Waals surface area contributed by atoms with Crippen LogP contribution in [0.2, 0.25) is 0 Å². The van der Waals surface area contributed by atoms with Gasteiger partial charge in [-0.25, -0.2) is 18.3 Å². The summed E-state index contributed by atoms with van der Waals surface area (Å²) in [4.78, 5) is 54.4. The maximum absolute atomic E-state index is 13.5. The first-order chi connectivity index (χ1) is 19.6. The fourth-order valence-corrected chi connectivity index (χ4v) is 4.92. The van der Waals surface area contributed by atoms with Gasteiger partial charge in [-0.15, -0.1) is 0 Å². The summed E-state index contributed by atoms with van der Waals surface area (Å²) in [6, 6.07) is 9.34. The molecule has 1 aliphatic carbocycles. The number of ketones is 1. The van der Waals surface area contributed by atoms with Gasteiger partial charge in [-0.3, -0.25) is 19.2 Å². The Labute approximate surface area is 233 Å². The van der Waals surface area contributed by atoms with E-state index in [-0.39, 0.29) is 47.9 Å². The van der Waals surface area contributed by atoms with Gasteiger partial charge in [-0.05, 0) is 67.1 Å². The third-order valence-corrected chi connectivity index (χ3v) is 7.00. The molecule has 3 amide bonds. The number of fused-ring (bicyclic) bond motifs is 2. The van der Waals surface area contributed by atoms with Crippen LogP contribution < -0.4 is 16.0 Å². The zero-order valence-corrected chi connectivity index (χ0v) is 22.3. The molecule has 0 radical (unpaired) electrons. The number of benzene rings is 2. The summed E-state index contributed by atoms with van der Waals surface area (Å²) in [6.07, 6.45) is 2.70. The van der Waals surface area contributed by atoms with E-state index >= 15 is 0 Å². The molecule has 2 aromatic carbocycles. The first-order valence-electron chi connectivity index (χ1n) is 12.9. The average Bonchev–Trinajstić information content (AvgIpc) is 3.59. The van der Waals surface area contributed by atoms with E-state index in [1.54, 1.807) is 18.2 Å². The van der Waals surface area contributed by atoms with Gasteiger partial charge in [0, 0.05) is 24.2 Å². The second-order valence-electron chi connectivity index (χ2n) is 9.81. The van der Waals surface area contributed by atoms with E-state index in [0.717, 1.165) is 28.8 Å². The van der Waals surface area contributed by atoms with Gasteiger partial charge in [0.25, 0.3) is 17.7 Å². The summed E-state index contributed by atoms with van der Waals surface area (Å²) in [5, 5.41) is 12.4. The molecule has 41 heavy (non-hydrogen) atoms. The first-order valence-corrected chi connectivity index (χ1v) is 12.9. The molecule has 210 valence electrons. The highest BCUT2D eigenvalue weighted by Gasteiger charge is 2.29. The van der Waals surface area contributed by atoms with Crippen molar-refractivity contribution in [2.45, 2.75) is 39.3 Å². The molecule has 0 saturated heterocycles. The molecule has 4 aromatic rings. The van der Waals surface area contributed by atoms with Crippen molar-refractivity contribution in [1.82, 2.24) is 30.5 Å². The fourth-order valence-electron chi connectivity index (χ4n) is 4.92. The van der Waals surface area contributed by atoms with Gasteiger partial charge in [0.15, 0.2) is 17.3 Å². The molecule has 0 bridgehead atoms. The zero-order chi connectivity index (χ0) is 29.3. The van der Waals surface area contributed by atoms with Gasteiger partial charge in [-0.2, -0.15) is 5.10 Å². The maximum atomic E-state index is 13.5. The summed E-state index contributed by atoms with van der Waals surface area (Å²) in [5.74, 6) is -3.57. The fraction of sp³-hybridized carbons (Fsp3) is 0.241. The van der Waals surface area contributed by atoms with Gasteiger partial charge in [0.05, 0.1) is 18.8 Å². The van der Waals surface area contributed by atoms with E-state index in [1.807, 2.05) is 6.92 Å². The van der Waals surface area contributed by atoms with Gasteiger partial charge >= 0.3 is 0 Å². The molecule has 3 N–H and O–H groups in total. The number of halogens is 2. The summed E-state index contributed by atoms with van der Waals surface area (Å²) in [6.45, 7) is 3.12. The van der Waals surface area contributed by atoms with Crippen molar-refractivity contribution >= 4 is 29.2 Å². The maximum Gasteiger partial charge on any atom is 0.270 e. The number of nitrogens with zero attached hydrogens (tertiary/aromatic N) is 3. The zero-order valence-electron chi connectivity index (χ0n) is 22.3. The van der Waals surface area contributed by atoms with Crippen LogP contribution in [0.1, 0.15) is 73.0 Å².